The average molecular weight is 278 g/mol. The van der Waals surface area contributed by atoms with E-state index in [-0.39, 0.29) is 17.5 Å². The maximum atomic E-state index is 13.9. The third-order valence-corrected chi connectivity index (χ3v) is 4.00. The Balaban J connectivity index is 2.23. The van der Waals surface area contributed by atoms with Gasteiger partial charge in [0.1, 0.15) is 5.82 Å². The number of carbonyl (C=O) groups is 1. The number of halogens is 1. The topological polar surface area (TPSA) is 46.3 Å². The first kappa shape index (κ1) is 15.0. The second kappa shape index (κ2) is 6.84. The Bertz CT molecular complexity index is 470. The number of aryl methyl sites for hydroxylation is 1. The maximum absolute atomic E-state index is 13.9. The highest BCUT2D eigenvalue weighted by Crippen LogP contribution is 2.24. The maximum Gasteiger partial charge on any atom is 0.257 e. The van der Waals surface area contributed by atoms with E-state index in [1.165, 1.54) is 12.5 Å². The van der Waals surface area contributed by atoms with Gasteiger partial charge in [-0.25, -0.2) is 4.39 Å². The summed E-state index contributed by atoms with van der Waals surface area (Å²) < 4.78 is 13.9. The highest BCUT2D eigenvalue weighted by atomic mass is 19.1. The molecule has 1 aliphatic rings. The first-order valence-corrected chi connectivity index (χ1v) is 7.40. The predicted molar refractivity (Wildman–Crippen MR) is 78.1 cm³/mol. The number of nitrogens with zero attached hydrogens (tertiary/aromatic N) is 1. The number of hydrogen-bond acceptors (Lipinski definition) is 2. The van der Waals surface area contributed by atoms with E-state index < -0.39 is 5.82 Å². The Morgan fingerprint density at radius 1 is 1.35 bits per heavy atom. The summed E-state index contributed by atoms with van der Waals surface area (Å²) >= 11 is 0. The van der Waals surface area contributed by atoms with Crippen LogP contribution in [0.1, 0.15) is 48.0 Å². The summed E-state index contributed by atoms with van der Waals surface area (Å²) in [5.74, 6) is -0.665. The Labute approximate surface area is 120 Å². The zero-order chi connectivity index (χ0) is 14.5. The second-order valence-corrected chi connectivity index (χ2v) is 5.56. The average Bonchev–Trinajstić information content (AvgIpc) is 2.47. The lowest BCUT2D eigenvalue weighted by Crippen LogP contribution is -2.44. The highest BCUT2D eigenvalue weighted by molar-refractivity contribution is 5.95. The molecule has 1 aromatic rings. The van der Waals surface area contributed by atoms with Crippen molar-refractivity contribution >= 4 is 5.91 Å². The van der Waals surface area contributed by atoms with Crippen LogP contribution in [-0.2, 0) is 0 Å². The van der Waals surface area contributed by atoms with Gasteiger partial charge in [-0.15, -0.1) is 0 Å². The Hall–Kier alpha value is -1.42. The van der Waals surface area contributed by atoms with Crippen molar-refractivity contribution in [3.8, 4) is 0 Å². The van der Waals surface area contributed by atoms with Gasteiger partial charge < -0.3 is 10.6 Å². The van der Waals surface area contributed by atoms with Gasteiger partial charge in [0.05, 0.1) is 5.56 Å². The lowest BCUT2D eigenvalue weighted by molar-refractivity contribution is 0.0637. The molecule has 1 amide bonds. The zero-order valence-electron chi connectivity index (χ0n) is 12.1. The van der Waals surface area contributed by atoms with Gasteiger partial charge in [-0.05, 0) is 31.9 Å². The molecule has 2 N–H and O–H groups in total. The van der Waals surface area contributed by atoms with Crippen molar-refractivity contribution in [1.82, 2.24) is 4.90 Å². The molecule has 1 saturated carbocycles. The minimum Gasteiger partial charge on any atom is -0.334 e. The summed E-state index contributed by atoms with van der Waals surface area (Å²) in [4.78, 5) is 14.4. The summed E-state index contributed by atoms with van der Waals surface area (Å²) in [5, 5.41) is 0. The fourth-order valence-corrected chi connectivity index (χ4v) is 2.94. The molecule has 20 heavy (non-hydrogen) atoms. The summed E-state index contributed by atoms with van der Waals surface area (Å²) in [5.41, 5.74) is 6.70. The fraction of sp³-hybridized carbons (Fsp3) is 0.562. The predicted octanol–water partition coefficient (Wildman–Crippen LogP) is 2.87. The standard InChI is InChI=1S/C16H23FN2O/c1-12-7-8-15(17)14(11-12)16(20)19(10-9-18)13-5-3-2-4-6-13/h7-8,11,13H,2-6,9-10,18H2,1H3. The molecule has 1 aliphatic carbocycles. The van der Waals surface area contributed by atoms with Crippen LogP contribution in [0.5, 0.6) is 0 Å². The number of benzene rings is 1. The normalized spacial score (nSPS) is 16.1. The van der Waals surface area contributed by atoms with Gasteiger partial charge in [-0.2, -0.15) is 0 Å². The van der Waals surface area contributed by atoms with Crippen LogP contribution in [0.25, 0.3) is 0 Å². The number of nitrogens with two attached hydrogens (primary N) is 1. The van der Waals surface area contributed by atoms with Crippen molar-refractivity contribution in [1.29, 1.82) is 0 Å². The van der Waals surface area contributed by atoms with Crippen LogP contribution in [-0.4, -0.2) is 29.9 Å². The molecule has 3 nitrogen and oxygen atoms in total. The van der Waals surface area contributed by atoms with Crippen LogP contribution in [0, 0.1) is 12.7 Å². The lowest BCUT2D eigenvalue weighted by Gasteiger charge is -2.34. The van der Waals surface area contributed by atoms with Gasteiger partial charge in [0.2, 0.25) is 0 Å². The van der Waals surface area contributed by atoms with Gasteiger partial charge >= 0.3 is 0 Å². The van der Waals surface area contributed by atoms with E-state index in [0.29, 0.717) is 13.1 Å². The Morgan fingerprint density at radius 2 is 2.05 bits per heavy atom. The van der Waals surface area contributed by atoms with Crippen molar-refractivity contribution in [3.63, 3.8) is 0 Å². The van der Waals surface area contributed by atoms with Crippen molar-refractivity contribution in [2.45, 2.75) is 45.1 Å². The highest BCUT2D eigenvalue weighted by Gasteiger charge is 2.27. The van der Waals surface area contributed by atoms with E-state index in [2.05, 4.69) is 0 Å². The SMILES string of the molecule is Cc1ccc(F)c(C(=O)N(CCN)C2CCCCC2)c1. The van der Waals surface area contributed by atoms with Gasteiger partial charge in [0, 0.05) is 19.1 Å². The molecule has 4 heteroatoms. The first-order valence-electron chi connectivity index (χ1n) is 7.40. The Morgan fingerprint density at radius 3 is 2.70 bits per heavy atom. The monoisotopic (exact) mass is 278 g/mol. The van der Waals surface area contributed by atoms with Crippen molar-refractivity contribution in [2.75, 3.05) is 13.1 Å². The molecule has 0 atom stereocenters. The van der Waals surface area contributed by atoms with Crippen molar-refractivity contribution in [2.24, 2.45) is 5.73 Å². The van der Waals surface area contributed by atoms with Crippen LogP contribution < -0.4 is 5.73 Å². The van der Waals surface area contributed by atoms with E-state index in [0.717, 1.165) is 31.2 Å². The molecule has 0 bridgehead atoms. The molecule has 0 heterocycles. The third kappa shape index (κ3) is 3.37. The molecule has 0 saturated heterocycles. The molecule has 110 valence electrons. The summed E-state index contributed by atoms with van der Waals surface area (Å²) in [7, 11) is 0. The fourth-order valence-electron chi connectivity index (χ4n) is 2.94. The molecule has 1 aromatic carbocycles. The van der Waals surface area contributed by atoms with Gasteiger partial charge in [0.25, 0.3) is 5.91 Å². The van der Waals surface area contributed by atoms with E-state index in [4.69, 9.17) is 5.73 Å². The van der Waals surface area contributed by atoms with Gasteiger partial charge in [-0.3, -0.25) is 4.79 Å². The number of carbonyl (C=O) groups excluding carboxylic acids is 1. The lowest BCUT2D eigenvalue weighted by atomic mass is 9.93. The molecule has 1 fully saturated rings. The second-order valence-electron chi connectivity index (χ2n) is 5.56. The van der Waals surface area contributed by atoms with E-state index in [1.807, 2.05) is 6.92 Å². The minimum atomic E-state index is -0.446. The smallest absolute Gasteiger partial charge is 0.257 e. The van der Waals surface area contributed by atoms with Crippen LogP contribution in [0.3, 0.4) is 0 Å². The number of amides is 1. The quantitative estimate of drug-likeness (QED) is 0.920. The van der Waals surface area contributed by atoms with Crippen LogP contribution in [0.4, 0.5) is 4.39 Å². The zero-order valence-corrected chi connectivity index (χ0v) is 12.1. The number of hydrogen-bond donors (Lipinski definition) is 1. The Kier molecular flexibility index (Phi) is 5.12. The molecule has 0 aromatic heterocycles. The van der Waals surface area contributed by atoms with Gasteiger partial charge in [-0.1, -0.05) is 30.9 Å². The molecule has 0 spiro atoms. The van der Waals surface area contributed by atoms with E-state index in [9.17, 15) is 9.18 Å². The van der Waals surface area contributed by atoms with Crippen molar-refractivity contribution < 1.29 is 9.18 Å². The molecular formula is C16H23FN2O. The molecule has 0 unspecified atom stereocenters. The molecule has 0 radical (unpaired) electrons. The van der Waals surface area contributed by atoms with Crippen LogP contribution in [0.15, 0.2) is 18.2 Å². The van der Waals surface area contributed by atoms with Crippen LogP contribution in [0.2, 0.25) is 0 Å². The molecule has 0 aliphatic heterocycles. The number of rotatable bonds is 4. The van der Waals surface area contributed by atoms with Gasteiger partial charge in [0.15, 0.2) is 0 Å². The largest absolute Gasteiger partial charge is 0.334 e. The van der Waals surface area contributed by atoms with Crippen LogP contribution >= 0.6 is 0 Å². The third-order valence-electron chi connectivity index (χ3n) is 4.00. The molecular weight excluding hydrogens is 255 g/mol. The molecule has 2 rings (SSSR count). The van der Waals surface area contributed by atoms with E-state index >= 15 is 0 Å². The van der Waals surface area contributed by atoms with Crippen molar-refractivity contribution in [3.05, 3.63) is 35.1 Å². The van der Waals surface area contributed by atoms with E-state index in [1.54, 1.807) is 17.0 Å². The first-order chi connectivity index (χ1) is 9.63. The summed E-state index contributed by atoms with van der Waals surface area (Å²) in [6.07, 6.45) is 5.49. The minimum absolute atomic E-state index is 0.170. The summed E-state index contributed by atoms with van der Waals surface area (Å²) in [6.45, 7) is 2.77. The summed E-state index contributed by atoms with van der Waals surface area (Å²) in [6, 6.07) is 4.88.